The van der Waals surface area contributed by atoms with E-state index in [0.29, 0.717) is 11.5 Å². The Morgan fingerprint density at radius 3 is 2.81 bits per heavy atom. The van der Waals surface area contributed by atoms with E-state index in [9.17, 15) is 0 Å². The van der Waals surface area contributed by atoms with Crippen molar-refractivity contribution in [2.75, 3.05) is 0 Å². The fraction of sp³-hybridized carbons (Fsp3) is 0.462. The number of hydrogen-bond donors (Lipinski definition) is 0. The smallest absolute Gasteiger partial charge is 0.0961 e. The van der Waals surface area contributed by atoms with Crippen molar-refractivity contribution in [1.29, 1.82) is 0 Å². The molecule has 3 rings (SSSR count). The summed E-state index contributed by atoms with van der Waals surface area (Å²) in [5.41, 5.74) is 2.82. The number of fused-ring (bicyclic) bond motifs is 1. The number of halogens is 1. The molecule has 0 aliphatic heterocycles. The Balaban J connectivity index is 2.06. The van der Waals surface area contributed by atoms with Crippen LogP contribution in [-0.4, -0.2) is 9.55 Å². The SMILES string of the molecule is CC1(C)CC(n2cnc3cccc(Br)c32)C1. The highest BCUT2D eigenvalue weighted by Crippen LogP contribution is 2.48. The molecule has 0 atom stereocenters. The van der Waals surface area contributed by atoms with Crippen molar-refractivity contribution >= 4 is 27.0 Å². The summed E-state index contributed by atoms with van der Waals surface area (Å²) in [5, 5.41) is 0. The Kier molecular flexibility index (Phi) is 2.15. The first-order valence-electron chi connectivity index (χ1n) is 5.68. The van der Waals surface area contributed by atoms with Crippen LogP contribution in [-0.2, 0) is 0 Å². The maximum Gasteiger partial charge on any atom is 0.0961 e. The molecule has 1 aromatic carbocycles. The van der Waals surface area contributed by atoms with Crippen LogP contribution in [0.15, 0.2) is 29.0 Å². The first-order chi connectivity index (χ1) is 7.57. The fourth-order valence-corrected chi connectivity index (χ4v) is 3.30. The molecule has 0 spiro atoms. The zero-order chi connectivity index (χ0) is 11.3. The molecule has 1 fully saturated rings. The molecule has 0 unspecified atom stereocenters. The van der Waals surface area contributed by atoms with Gasteiger partial charge in [-0.25, -0.2) is 4.98 Å². The number of hydrogen-bond acceptors (Lipinski definition) is 1. The largest absolute Gasteiger partial charge is 0.327 e. The summed E-state index contributed by atoms with van der Waals surface area (Å²) in [6.45, 7) is 4.66. The summed E-state index contributed by atoms with van der Waals surface area (Å²) >= 11 is 3.62. The molecule has 0 bridgehead atoms. The molecule has 1 aliphatic carbocycles. The normalized spacial score (nSPS) is 19.9. The van der Waals surface area contributed by atoms with Gasteiger partial charge in [-0.1, -0.05) is 19.9 Å². The second-order valence-corrected chi connectivity index (χ2v) is 6.34. The Morgan fingerprint density at radius 2 is 2.12 bits per heavy atom. The van der Waals surface area contributed by atoms with E-state index in [1.54, 1.807) is 0 Å². The van der Waals surface area contributed by atoms with E-state index in [2.05, 4.69) is 51.5 Å². The van der Waals surface area contributed by atoms with E-state index in [1.807, 2.05) is 12.4 Å². The number of imidazole rings is 1. The van der Waals surface area contributed by atoms with Crippen LogP contribution in [0.25, 0.3) is 11.0 Å². The van der Waals surface area contributed by atoms with Crippen LogP contribution in [0, 0.1) is 5.41 Å². The van der Waals surface area contributed by atoms with Crippen molar-refractivity contribution < 1.29 is 0 Å². The molecule has 0 amide bonds. The number of aromatic nitrogens is 2. The summed E-state index contributed by atoms with van der Waals surface area (Å²) in [6, 6.07) is 6.82. The third kappa shape index (κ3) is 1.49. The summed E-state index contributed by atoms with van der Waals surface area (Å²) in [6.07, 6.45) is 4.48. The molecule has 0 saturated heterocycles. The summed E-state index contributed by atoms with van der Waals surface area (Å²) in [5.74, 6) is 0. The topological polar surface area (TPSA) is 17.8 Å². The molecule has 16 heavy (non-hydrogen) atoms. The number of benzene rings is 1. The Hall–Kier alpha value is -0.830. The van der Waals surface area contributed by atoms with Gasteiger partial charge in [0.1, 0.15) is 0 Å². The Bertz CT molecular complexity index is 534. The quantitative estimate of drug-likeness (QED) is 0.766. The first kappa shape index (κ1) is 10.3. The summed E-state index contributed by atoms with van der Waals surface area (Å²) < 4.78 is 3.47. The van der Waals surface area contributed by atoms with Crippen molar-refractivity contribution in [3.63, 3.8) is 0 Å². The molecule has 3 heteroatoms. The molecule has 2 nitrogen and oxygen atoms in total. The minimum absolute atomic E-state index is 0.502. The third-order valence-electron chi connectivity index (χ3n) is 3.51. The van der Waals surface area contributed by atoms with Gasteiger partial charge in [0.05, 0.1) is 17.4 Å². The van der Waals surface area contributed by atoms with Crippen molar-refractivity contribution in [3.05, 3.63) is 29.0 Å². The number of nitrogens with zero attached hydrogens (tertiary/aromatic N) is 2. The molecule has 1 saturated carbocycles. The summed E-state index contributed by atoms with van der Waals surface area (Å²) in [4.78, 5) is 4.46. The lowest BCUT2D eigenvalue weighted by Crippen LogP contribution is -2.33. The van der Waals surface area contributed by atoms with Gasteiger partial charge in [0, 0.05) is 10.5 Å². The van der Waals surface area contributed by atoms with Crippen molar-refractivity contribution in [2.45, 2.75) is 32.7 Å². The van der Waals surface area contributed by atoms with Crippen LogP contribution >= 0.6 is 15.9 Å². The minimum Gasteiger partial charge on any atom is -0.327 e. The maximum absolute atomic E-state index is 4.46. The van der Waals surface area contributed by atoms with E-state index in [4.69, 9.17) is 0 Å². The van der Waals surface area contributed by atoms with Crippen LogP contribution in [0.2, 0.25) is 0 Å². The summed E-state index contributed by atoms with van der Waals surface area (Å²) in [7, 11) is 0. The van der Waals surface area contributed by atoms with Gasteiger partial charge in [0.15, 0.2) is 0 Å². The van der Waals surface area contributed by atoms with Crippen LogP contribution in [0.1, 0.15) is 32.7 Å². The molecular weight excluding hydrogens is 264 g/mol. The van der Waals surface area contributed by atoms with E-state index in [1.165, 1.54) is 18.4 Å². The molecular formula is C13H15BrN2. The van der Waals surface area contributed by atoms with E-state index in [-0.39, 0.29) is 0 Å². The Labute approximate surface area is 104 Å². The zero-order valence-corrected chi connectivity index (χ0v) is 11.2. The molecule has 1 aromatic heterocycles. The fourth-order valence-electron chi connectivity index (χ4n) is 2.74. The van der Waals surface area contributed by atoms with Gasteiger partial charge >= 0.3 is 0 Å². The highest BCUT2D eigenvalue weighted by molar-refractivity contribution is 9.10. The number of rotatable bonds is 1. The molecule has 0 radical (unpaired) electrons. The van der Waals surface area contributed by atoms with Crippen molar-refractivity contribution in [3.8, 4) is 0 Å². The molecule has 1 aliphatic rings. The molecule has 0 N–H and O–H groups in total. The van der Waals surface area contributed by atoms with Crippen LogP contribution in [0.4, 0.5) is 0 Å². The molecule has 1 heterocycles. The molecule has 84 valence electrons. The van der Waals surface area contributed by atoms with E-state index >= 15 is 0 Å². The monoisotopic (exact) mass is 278 g/mol. The maximum atomic E-state index is 4.46. The van der Waals surface area contributed by atoms with Crippen LogP contribution in [0.3, 0.4) is 0 Å². The first-order valence-corrected chi connectivity index (χ1v) is 6.47. The average Bonchev–Trinajstić information content (AvgIpc) is 2.59. The average molecular weight is 279 g/mol. The van der Waals surface area contributed by atoms with Crippen molar-refractivity contribution in [2.24, 2.45) is 5.41 Å². The second kappa shape index (κ2) is 3.33. The van der Waals surface area contributed by atoms with Crippen LogP contribution in [0.5, 0.6) is 0 Å². The highest BCUT2D eigenvalue weighted by Gasteiger charge is 2.37. The second-order valence-electron chi connectivity index (χ2n) is 5.49. The molecule has 2 aromatic rings. The lowest BCUT2D eigenvalue weighted by atomic mass is 9.68. The third-order valence-corrected chi connectivity index (χ3v) is 4.15. The van der Waals surface area contributed by atoms with Gasteiger partial charge in [-0.15, -0.1) is 0 Å². The highest BCUT2D eigenvalue weighted by atomic mass is 79.9. The lowest BCUT2D eigenvalue weighted by molar-refractivity contribution is 0.107. The zero-order valence-electron chi connectivity index (χ0n) is 9.57. The van der Waals surface area contributed by atoms with Gasteiger partial charge in [0.25, 0.3) is 0 Å². The van der Waals surface area contributed by atoms with E-state index in [0.717, 1.165) is 9.99 Å². The predicted octanol–water partition coefficient (Wildman–Crippen LogP) is 4.16. The van der Waals surface area contributed by atoms with Crippen molar-refractivity contribution in [1.82, 2.24) is 9.55 Å². The lowest BCUT2D eigenvalue weighted by Gasteiger charge is -2.43. The van der Waals surface area contributed by atoms with Gasteiger partial charge in [0.2, 0.25) is 0 Å². The van der Waals surface area contributed by atoms with Gasteiger partial charge in [-0.2, -0.15) is 0 Å². The Morgan fingerprint density at radius 1 is 1.38 bits per heavy atom. The van der Waals surface area contributed by atoms with Gasteiger partial charge in [-0.05, 0) is 46.3 Å². The van der Waals surface area contributed by atoms with Gasteiger partial charge < -0.3 is 4.57 Å². The minimum atomic E-state index is 0.502. The van der Waals surface area contributed by atoms with Gasteiger partial charge in [-0.3, -0.25) is 0 Å². The predicted molar refractivity (Wildman–Crippen MR) is 69.5 cm³/mol. The standard InChI is InChI=1S/C13H15BrN2/c1-13(2)6-9(7-13)16-8-15-11-5-3-4-10(14)12(11)16/h3-5,8-9H,6-7H2,1-2H3. The van der Waals surface area contributed by atoms with E-state index < -0.39 is 0 Å². The van der Waals surface area contributed by atoms with Crippen LogP contribution < -0.4 is 0 Å². The number of para-hydroxylation sites is 1.